The molecule has 0 radical (unpaired) electrons. The molecule has 2 unspecified atom stereocenters. The van der Waals surface area contributed by atoms with E-state index in [-0.39, 0.29) is 11.5 Å². The molecule has 1 rings (SSSR count). The van der Waals surface area contributed by atoms with Crippen LogP contribution in [0.2, 0.25) is 0 Å². The Balaban J connectivity index is 2.84. The topological polar surface area (TPSA) is 77.2 Å². The summed E-state index contributed by atoms with van der Waals surface area (Å²) in [6.45, 7) is 1.53. The Morgan fingerprint density at radius 2 is 2.08 bits per heavy atom. The summed E-state index contributed by atoms with van der Waals surface area (Å²) < 4.78 is 22.9. The quantitative estimate of drug-likeness (QED) is 0.681. The van der Waals surface area contributed by atoms with Gasteiger partial charge in [-0.05, 0) is 19.8 Å². The number of ketones is 1. The summed E-state index contributed by atoms with van der Waals surface area (Å²) in [5.74, 6) is -0.199. The van der Waals surface area contributed by atoms with Gasteiger partial charge in [0.05, 0.1) is 11.8 Å². The molecule has 0 aliphatic carbocycles. The van der Waals surface area contributed by atoms with Crippen molar-refractivity contribution in [3.63, 3.8) is 0 Å². The Bertz CT molecular complexity index is 295. The second kappa shape index (κ2) is 3.75. The van der Waals surface area contributed by atoms with Crippen LogP contribution in [0, 0.1) is 0 Å². The summed E-state index contributed by atoms with van der Waals surface area (Å²) in [7, 11) is -3.20. The summed E-state index contributed by atoms with van der Waals surface area (Å²) in [6, 6.07) is -0.669. The Kier molecular flexibility index (Phi) is 3.08. The van der Waals surface area contributed by atoms with E-state index < -0.39 is 21.1 Å². The lowest BCUT2D eigenvalue weighted by molar-refractivity contribution is -0.119. The molecule has 0 saturated carbocycles. The number of Topliss-reactive ketones (excluding diaryl/α,β-unsaturated/α-hetero) is 1. The molecule has 76 valence electrons. The Labute approximate surface area is 78.4 Å². The second-order valence-electron chi connectivity index (χ2n) is 3.54. The molecule has 2 N–H and O–H groups in total. The third kappa shape index (κ3) is 2.28. The minimum Gasteiger partial charge on any atom is -0.322 e. The highest BCUT2D eigenvalue weighted by atomic mass is 32.2. The maximum absolute atomic E-state index is 11.5. The van der Waals surface area contributed by atoms with Crippen molar-refractivity contribution in [1.29, 1.82) is 0 Å². The smallest absolute Gasteiger partial charge is 0.167 e. The number of carbonyl (C=O) groups excluding carboxylic acids is 1. The van der Waals surface area contributed by atoms with E-state index in [1.165, 1.54) is 6.92 Å². The lowest BCUT2D eigenvalue weighted by Gasteiger charge is -2.22. The zero-order chi connectivity index (χ0) is 10.1. The van der Waals surface area contributed by atoms with Crippen molar-refractivity contribution >= 4 is 15.6 Å². The van der Waals surface area contributed by atoms with Crippen LogP contribution in [0.15, 0.2) is 0 Å². The van der Waals surface area contributed by atoms with E-state index in [1.54, 1.807) is 0 Å². The van der Waals surface area contributed by atoms with Crippen molar-refractivity contribution in [2.75, 3.05) is 5.75 Å². The number of hydrogen-bond donors (Lipinski definition) is 1. The van der Waals surface area contributed by atoms with Gasteiger partial charge in [0.1, 0.15) is 5.25 Å². The van der Waals surface area contributed by atoms with Crippen LogP contribution < -0.4 is 5.73 Å². The zero-order valence-corrected chi connectivity index (χ0v) is 8.51. The second-order valence-corrected chi connectivity index (χ2v) is 5.85. The van der Waals surface area contributed by atoms with Crippen molar-refractivity contribution in [3.8, 4) is 0 Å². The molecular weight excluding hydrogens is 190 g/mol. The van der Waals surface area contributed by atoms with Gasteiger partial charge in [0.25, 0.3) is 0 Å². The molecule has 0 spiro atoms. The van der Waals surface area contributed by atoms with Crippen LogP contribution in [0.5, 0.6) is 0 Å². The van der Waals surface area contributed by atoms with E-state index in [0.29, 0.717) is 12.8 Å². The molecule has 0 aromatic heterocycles. The highest BCUT2D eigenvalue weighted by Crippen LogP contribution is 2.20. The van der Waals surface area contributed by atoms with Crippen LogP contribution in [-0.2, 0) is 14.6 Å². The van der Waals surface area contributed by atoms with Gasteiger partial charge in [-0.15, -0.1) is 0 Å². The van der Waals surface area contributed by atoms with Crippen LogP contribution in [0.4, 0.5) is 0 Å². The van der Waals surface area contributed by atoms with Gasteiger partial charge in [-0.25, -0.2) is 8.42 Å². The number of rotatable bonds is 2. The SMILES string of the molecule is CC(N)C(=O)C1CCCCS1(=O)=O. The van der Waals surface area contributed by atoms with Crippen molar-refractivity contribution < 1.29 is 13.2 Å². The maximum Gasteiger partial charge on any atom is 0.167 e. The first-order chi connectivity index (χ1) is 5.95. The van der Waals surface area contributed by atoms with Crippen LogP contribution in [0.3, 0.4) is 0 Å². The van der Waals surface area contributed by atoms with E-state index in [4.69, 9.17) is 5.73 Å². The summed E-state index contributed by atoms with van der Waals surface area (Å²) in [6.07, 6.45) is 1.93. The first-order valence-electron chi connectivity index (χ1n) is 4.46. The first-order valence-corrected chi connectivity index (χ1v) is 6.17. The molecule has 0 aromatic rings. The highest BCUT2D eigenvalue weighted by molar-refractivity contribution is 7.92. The number of carbonyl (C=O) groups is 1. The molecule has 1 aliphatic rings. The fraction of sp³-hybridized carbons (Fsp3) is 0.875. The van der Waals surface area contributed by atoms with Crippen LogP contribution >= 0.6 is 0 Å². The summed E-state index contributed by atoms with van der Waals surface area (Å²) in [5, 5.41) is -0.832. The molecule has 0 bridgehead atoms. The van der Waals surface area contributed by atoms with Gasteiger partial charge in [0.15, 0.2) is 15.6 Å². The molecule has 1 heterocycles. The Morgan fingerprint density at radius 1 is 1.46 bits per heavy atom. The van der Waals surface area contributed by atoms with E-state index in [2.05, 4.69) is 0 Å². The minimum absolute atomic E-state index is 0.135. The lowest BCUT2D eigenvalue weighted by atomic mass is 10.1. The van der Waals surface area contributed by atoms with E-state index in [0.717, 1.165) is 6.42 Å². The fourth-order valence-electron chi connectivity index (χ4n) is 1.57. The molecule has 5 heteroatoms. The largest absolute Gasteiger partial charge is 0.322 e. The highest BCUT2D eigenvalue weighted by Gasteiger charge is 2.35. The van der Waals surface area contributed by atoms with Crippen LogP contribution in [-0.4, -0.2) is 31.2 Å². The molecule has 2 atom stereocenters. The van der Waals surface area contributed by atoms with E-state index in [1.807, 2.05) is 0 Å². The molecule has 1 aliphatic heterocycles. The number of nitrogens with two attached hydrogens (primary N) is 1. The van der Waals surface area contributed by atoms with E-state index >= 15 is 0 Å². The third-order valence-corrected chi connectivity index (χ3v) is 4.54. The molecule has 13 heavy (non-hydrogen) atoms. The van der Waals surface area contributed by atoms with Gasteiger partial charge in [0, 0.05) is 0 Å². The van der Waals surface area contributed by atoms with Gasteiger partial charge in [0.2, 0.25) is 0 Å². The van der Waals surface area contributed by atoms with Gasteiger partial charge in [-0.3, -0.25) is 4.79 Å². The molecule has 0 aromatic carbocycles. The molecule has 4 nitrogen and oxygen atoms in total. The average Bonchev–Trinajstić information content (AvgIpc) is 2.02. The first kappa shape index (κ1) is 10.7. The van der Waals surface area contributed by atoms with Gasteiger partial charge in [-0.1, -0.05) is 6.42 Å². The average molecular weight is 205 g/mol. The fourth-order valence-corrected chi connectivity index (χ4v) is 3.55. The van der Waals surface area contributed by atoms with Crippen molar-refractivity contribution in [3.05, 3.63) is 0 Å². The third-order valence-electron chi connectivity index (χ3n) is 2.34. The Hall–Kier alpha value is -0.420. The number of sulfone groups is 1. The predicted octanol–water partition coefficient (Wildman–Crippen LogP) is -0.130. The molecule has 1 saturated heterocycles. The predicted molar refractivity (Wildman–Crippen MR) is 50.1 cm³/mol. The molecule has 1 fully saturated rings. The van der Waals surface area contributed by atoms with Crippen molar-refractivity contribution in [1.82, 2.24) is 0 Å². The van der Waals surface area contributed by atoms with Crippen LogP contribution in [0.25, 0.3) is 0 Å². The summed E-state index contributed by atoms with van der Waals surface area (Å²) >= 11 is 0. The monoisotopic (exact) mass is 205 g/mol. The standard InChI is InChI=1S/C8H15NO3S/c1-6(9)8(10)7-4-2-3-5-13(7,11)12/h6-7H,2-5,9H2,1H3. The lowest BCUT2D eigenvalue weighted by Crippen LogP contribution is -2.43. The van der Waals surface area contributed by atoms with Crippen molar-refractivity contribution in [2.24, 2.45) is 5.73 Å². The van der Waals surface area contributed by atoms with E-state index in [9.17, 15) is 13.2 Å². The molecular formula is C8H15NO3S. The van der Waals surface area contributed by atoms with Gasteiger partial charge in [-0.2, -0.15) is 0 Å². The van der Waals surface area contributed by atoms with Gasteiger partial charge >= 0.3 is 0 Å². The normalized spacial score (nSPS) is 29.5. The van der Waals surface area contributed by atoms with Crippen LogP contribution in [0.1, 0.15) is 26.2 Å². The minimum atomic E-state index is -3.20. The van der Waals surface area contributed by atoms with Gasteiger partial charge < -0.3 is 5.73 Å². The maximum atomic E-state index is 11.5. The number of hydrogen-bond acceptors (Lipinski definition) is 4. The van der Waals surface area contributed by atoms with Crippen molar-refractivity contribution in [2.45, 2.75) is 37.5 Å². The summed E-state index contributed by atoms with van der Waals surface area (Å²) in [5.41, 5.74) is 5.37. The zero-order valence-electron chi connectivity index (χ0n) is 7.69. The Morgan fingerprint density at radius 3 is 2.54 bits per heavy atom. The summed E-state index contributed by atoms with van der Waals surface area (Å²) in [4.78, 5) is 11.4. The molecule has 0 amide bonds.